The van der Waals surface area contributed by atoms with E-state index in [4.69, 9.17) is 0 Å². The summed E-state index contributed by atoms with van der Waals surface area (Å²) in [6, 6.07) is 8.22. The summed E-state index contributed by atoms with van der Waals surface area (Å²) in [5.74, 6) is -1.88. The van der Waals surface area contributed by atoms with Gasteiger partial charge in [-0.25, -0.2) is 0 Å². The zero-order valence-corrected chi connectivity index (χ0v) is 16.8. The maximum absolute atomic E-state index is 13.1. The topological polar surface area (TPSA) is 66.4 Å². The van der Waals surface area contributed by atoms with Crippen LogP contribution in [0.5, 0.6) is 0 Å². The second-order valence-electron chi connectivity index (χ2n) is 8.36. The third-order valence-corrected chi connectivity index (χ3v) is 6.38. The molecule has 2 saturated carbocycles. The number of carboxylic acids is 1. The van der Waals surface area contributed by atoms with Crippen molar-refractivity contribution in [1.82, 2.24) is 5.32 Å². The molecule has 0 saturated heterocycles. The average molecular weight is 370 g/mol. The van der Waals surface area contributed by atoms with Gasteiger partial charge >= 0.3 is 5.97 Å². The molecule has 0 heterocycles. The molecule has 0 unspecified atom stereocenters. The number of hydrogen-bond acceptors (Lipinski definition) is 2. The van der Waals surface area contributed by atoms with E-state index in [0.717, 1.165) is 31.2 Å². The molecule has 1 aromatic rings. The van der Waals surface area contributed by atoms with Gasteiger partial charge in [0.15, 0.2) is 0 Å². The van der Waals surface area contributed by atoms with E-state index >= 15 is 0 Å². The standard InChI is InChI=1S/C23H31NO3/c1-5-6-15-7-9-16(10-8-15)14(4)24-22(25)20-17-11-12-18(19(17)13(2)3)21(20)23(26)27/h7-10,14,17-18,20-21H,5-6,11-12H2,1-4H3,(H,24,25)(H,26,27)/t14-,17+,18+,20+,21-/m0/s1. The van der Waals surface area contributed by atoms with E-state index in [1.165, 1.54) is 16.7 Å². The Balaban J connectivity index is 1.76. The third-order valence-electron chi connectivity index (χ3n) is 6.38. The molecule has 0 aromatic heterocycles. The Kier molecular flexibility index (Phi) is 5.73. The first-order valence-corrected chi connectivity index (χ1v) is 10.1. The normalized spacial score (nSPS) is 27.5. The Bertz CT molecular complexity index is 745. The Morgan fingerprint density at radius 3 is 2.22 bits per heavy atom. The van der Waals surface area contributed by atoms with Gasteiger partial charge in [-0.05, 0) is 63.0 Å². The van der Waals surface area contributed by atoms with Crippen LogP contribution in [0.2, 0.25) is 0 Å². The summed E-state index contributed by atoms with van der Waals surface area (Å²) >= 11 is 0. The van der Waals surface area contributed by atoms with Crippen LogP contribution in [0.25, 0.3) is 0 Å². The third kappa shape index (κ3) is 3.67. The molecule has 3 rings (SSSR count). The quantitative estimate of drug-likeness (QED) is 0.725. The molecule has 2 aliphatic rings. The van der Waals surface area contributed by atoms with Crippen molar-refractivity contribution >= 4 is 11.9 Å². The Hall–Kier alpha value is -2.10. The van der Waals surface area contributed by atoms with Crippen molar-refractivity contribution < 1.29 is 14.7 Å². The number of hydrogen-bond donors (Lipinski definition) is 2. The molecule has 0 spiro atoms. The molecule has 2 bridgehead atoms. The van der Waals surface area contributed by atoms with Gasteiger partial charge in [-0.15, -0.1) is 0 Å². The summed E-state index contributed by atoms with van der Waals surface area (Å²) in [5.41, 5.74) is 4.76. The first-order chi connectivity index (χ1) is 12.8. The lowest BCUT2D eigenvalue weighted by Gasteiger charge is -2.28. The zero-order chi connectivity index (χ0) is 19.7. The minimum atomic E-state index is -0.835. The number of amides is 1. The van der Waals surface area contributed by atoms with Crippen molar-refractivity contribution in [2.45, 2.75) is 59.4 Å². The van der Waals surface area contributed by atoms with Crippen LogP contribution in [0.3, 0.4) is 0 Å². The fourth-order valence-electron chi connectivity index (χ4n) is 5.26. The summed E-state index contributed by atoms with van der Waals surface area (Å²) in [4.78, 5) is 25.0. The van der Waals surface area contributed by atoms with Crippen LogP contribution < -0.4 is 5.32 Å². The molecule has 2 aliphatic carbocycles. The molecule has 4 heteroatoms. The van der Waals surface area contributed by atoms with Crippen LogP contribution in [0.1, 0.15) is 64.1 Å². The molecular formula is C23H31NO3. The van der Waals surface area contributed by atoms with Crippen molar-refractivity contribution in [2.24, 2.45) is 23.7 Å². The number of nitrogens with one attached hydrogen (secondary N) is 1. The van der Waals surface area contributed by atoms with Gasteiger partial charge in [0.05, 0.1) is 17.9 Å². The number of carbonyl (C=O) groups is 2. The predicted octanol–water partition coefficient (Wildman–Crippen LogP) is 4.51. The molecule has 27 heavy (non-hydrogen) atoms. The summed E-state index contributed by atoms with van der Waals surface area (Å²) in [7, 11) is 0. The number of carbonyl (C=O) groups excluding carboxylic acids is 1. The second-order valence-corrected chi connectivity index (χ2v) is 8.36. The monoisotopic (exact) mass is 369 g/mol. The highest BCUT2D eigenvalue weighted by atomic mass is 16.4. The highest BCUT2D eigenvalue weighted by Crippen LogP contribution is 2.57. The first kappa shape index (κ1) is 19.7. The molecule has 146 valence electrons. The van der Waals surface area contributed by atoms with E-state index in [-0.39, 0.29) is 23.8 Å². The van der Waals surface area contributed by atoms with Crippen molar-refractivity contribution in [3.8, 4) is 0 Å². The molecule has 4 nitrogen and oxygen atoms in total. The van der Waals surface area contributed by atoms with Crippen LogP contribution >= 0.6 is 0 Å². The first-order valence-electron chi connectivity index (χ1n) is 10.1. The number of carboxylic acid groups (broad SMARTS) is 1. The lowest BCUT2D eigenvalue weighted by molar-refractivity contribution is -0.149. The summed E-state index contributed by atoms with van der Waals surface area (Å²) in [6.07, 6.45) is 3.98. The summed E-state index contributed by atoms with van der Waals surface area (Å²) in [6.45, 7) is 8.21. The fourth-order valence-corrected chi connectivity index (χ4v) is 5.26. The molecule has 1 amide bonds. The Morgan fingerprint density at radius 1 is 1.11 bits per heavy atom. The lowest BCUT2D eigenvalue weighted by atomic mass is 9.78. The van der Waals surface area contributed by atoms with Gasteiger partial charge in [-0.2, -0.15) is 0 Å². The van der Waals surface area contributed by atoms with Crippen molar-refractivity contribution in [3.05, 3.63) is 46.5 Å². The number of fused-ring (bicyclic) bond motifs is 2. The van der Waals surface area contributed by atoms with Crippen LogP contribution in [-0.4, -0.2) is 17.0 Å². The number of benzene rings is 1. The van der Waals surface area contributed by atoms with Gasteiger partial charge in [0.1, 0.15) is 0 Å². The number of allylic oxidation sites excluding steroid dienone is 2. The van der Waals surface area contributed by atoms with E-state index in [9.17, 15) is 14.7 Å². The smallest absolute Gasteiger partial charge is 0.307 e. The molecule has 2 N–H and O–H groups in total. The van der Waals surface area contributed by atoms with E-state index in [1.807, 2.05) is 20.8 Å². The fraction of sp³-hybridized carbons (Fsp3) is 0.565. The molecule has 0 aliphatic heterocycles. The van der Waals surface area contributed by atoms with Crippen molar-refractivity contribution in [2.75, 3.05) is 0 Å². The predicted molar refractivity (Wildman–Crippen MR) is 106 cm³/mol. The van der Waals surface area contributed by atoms with Gasteiger partial charge in [0, 0.05) is 0 Å². The van der Waals surface area contributed by atoms with Crippen LogP contribution in [0.4, 0.5) is 0 Å². The number of aryl methyl sites for hydroxylation is 1. The maximum Gasteiger partial charge on any atom is 0.307 e. The maximum atomic E-state index is 13.1. The molecule has 5 atom stereocenters. The SMILES string of the molecule is CCCc1ccc([C@H](C)NC(=O)[C@H]2[C@@H](C(=O)O)[C@@H]3CC[C@@H]2C3=C(C)C)cc1. The van der Waals surface area contributed by atoms with Crippen LogP contribution in [-0.2, 0) is 16.0 Å². The Labute approximate surface area is 162 Å². The average Bonchev–Trinajstić information content (AvgIpc) is 3.18. The van der Waals surface area contributed by atoms with E-state index in [1.54, 1.807) is 0 Å². The van der Waals surface area contributed by atoms with E-state index < -0.39 is 17.8 Å². The summed E-state index contributed by atoms with van der Waals surface area (Å²) < 4.78 is 0. The van der Waals surface area contributed by atoms with Gasteiger partial charge in [-0.1, -0.05) is 48.8 Å². The molecular weight excluding hydrogens is 338 g/mol. The minimum Gasteiger partial charge on any atom is -0.481 e. The molecule has 1 aromatic carbocycles. The highest BCUT2D eigenvalue weighted by molar-refractivity contribution is 5.87. The van der Waals surface area contributed by atoms with Crippen molar-refractivity contribution in [3.63, 3.8) is 0 Å². The minimum absolute atomic E-state index is 0.0249. The van der Waals surface area contributed by atoms with Gasteiger partial charge in [0.25, 0.3) is 0 Å². The largest absolute Gasteiger partial charge is 0.481 e. The van der Waals surface area contributed by atoms with Crippen LogP contribution in [0.15, 0.2) is 35.4 Å². The molecule has 2 fully saturated rings. The summed E-state index contributed by atoms with van der Waals surface area (Å²) in [5, 5.41) is 12.9. The number of rotatable bonds is 6. The zero-order valence-electron chi connectivity index (χ0n) is 16.8. The van der Waals surface area contributed by atoms with Gasteiger partial charge in [0.2, 0.25) is 5.91 Å². The van der Waals surface area contributed by atoms with E-state index in [0.29, 0.717) is 0 Å². The lowest BCUT2D eigenvalue weighted by Crippen LogP contribution is -2.42. The molecule has 0 radical (unpaired) electrons. The van der Waals surface area contributed by atoms with E-state index in [2.05, 4.69) is 36.5 Å². The van der Waals surface area contributed by atoms with Gasteiger partial charge in [-0.3, -0.25) is 9.59 Å². The highest BCUT2D eigenvalue weighted by Gasteiger charge is 2.57. The second kappa shape index (κ2) is 7.87. The number of aliphatic carboxylic acids is 1. The Morgan fingerprint density at radius 2 is 1.70 bits per heavy atom. The van der Waals surface area contributed by atoms with Gasteiger partial charge < -0.3 is 10.4 Å². The van der Waals surface area contributed by atoms with Crippen LogP contribution in [0, 0.1) is 23.7 Å². The van der Waals surface area contributed by atoms with Crippen molar-refractivity contribution in [1.29, 1.82) is 0 Å².